The SMILES string of the molecule is CCCCCCCCCCCCCCCCCCNCCCCCCCCCCCCCC. The van der Waals surface area contributed by atoms with Crippen LogP contribution in [-0.2, 0) is 0 Å². The molecule has 0 saturated heterocycles. The van der Waals surface area contributed by atoms with Crippen molar-refractivity contribution in [3.63, 3.8) is 0 Å². The van der Waals surface area contributed by atoms with Gasteiger partial charge in [-0.3, -0.25) is 0 Å². The maximum atomic E-state index is 3.67. The van der Waals surface area contributed by atoms with Gasteiger partial charge in [-0.15, -0.1) is 0 Å². The van der Waals surface area contributed by atoms with Crippen LogP contribution in [0, 0.1) is 0 Å². The first kappa shape index (κ1) is 33.0. The summed E-state index contributed by atoms with van der Waals surface area (Å²) in [6.07, 6.45) is 40.7. The average Bonchev–Trinajstić information content (AvgIpc) is 2.83. The molecule has 0 unspecified atom stereocenters. The van der Waals surface area contributed by atoms with Gasteiger partial charge in [-0.2, -0.15) is 0 Å². The number of hydrogen-bond acceptors (Lipinski definition) is 1. The van der Waals surface area contributed by atoms with Gasteiger partial charge < -0.3 is 5.32 Å². The molecule has 0 aromatic carbocycles. The summed E-state index contributed by atoms with van der Waals surface area (Å²) in [4.78, 5) is 0. The summed E-state index contributed by atoms with van der Waals surface area (Å²) < 4.78 is 0. The fraction of sp³-hybridized carbons (Fsp3) is 1.00. The van der Waals surface area contributed by atoms with E-state index in [1.807, 2.05) is 0 Å². The van der Waals surface area contributed by atoms with Crippen molar-refractivity contribution < 1.29 is 0 Å². The zero-order valence-corrected chi connectivity index (χ0v) is 23.7. The van der Waals surface area contributed by atoms with E-state index in [1.54, 1.807) is 0 Å². The van der Waals surface area contributed by atoms with E-state index in [9.17, 15) is 0 Å². The van der Waals surface area contributed by atoms with Crippen molar-refractivity contribution in [3.05, 3.63) is 0 Å². The average molecular weight is 466 g/mol. The molecule has 1 N–H and O–H groups in total. The Balaban J connectivity index is 2.99. The second-order valence-electron chi connectivity index (χ2n) is 10.9. The van der Waals surface area contributed by atoms with Gasteiger partial charge in [0.1, 0.15) is 0 Å². The van der Waals surface area contributed by atoms with E-state index in [0.717, 1.165) is 0 Å². The van der Waals surface area contributed by atoms with Crippen LogP contribution in [0.5, 0.6) is 0 Å². The maximum Gasteiger partial charge on any atom is -0.00489 e. The van der Waals surface area contributed by atoms with Crippen molar-refractivity contribution in [2.75, 3.05) is 13.1 Å². The third-order valence-corrected chi connectivity index (χ3v) is 7.41. The molecule has 0 radical (unpaired) electrons. The lowest BCUT2D eigenvalue weighted by atomic mass is 10.0. The van der Waals surface area contributed by atoms with Crippen LogP contribution < -0.4 is 5.32 Å². The highest BCUT2D eigenvalue weighted by molar-refractivity contribution is 4.53. The van der Waals surface area contributed by atoms with Gasteiger partial charge in [0.15, 0.2) is 0 Å². The number of hydrogen-bond donors (Lipinski definition) is 1. The van der Waals surface area contributed by atoms with E-state index < -0.39 is 0 Å². The molecule has 0 amide bonds. The molecular weight excluding hydrogens is 398 g/mol. The van der Waals surface area contributed by atoms with Crippen molar-refractivity contribution in [2.45, 2.75) is 194 Å². The Labute approximate surface area is 212 Å². The van der Waals surface area contributed by atoms with Crippen LogP contribution in [0.2, 0.25) is 0 Å². The van der Waals surface area contributed by atoms with Crippen LogP contribution in [-0.4, -0.2) is 13.1 Å². The molecule has 0 aliphatic heterocycles. The summed E-state index contributed by atoms with van der Waals surface area (Å²) >= 11 is 0. The molecule has 0 aliphatic carbocycles. The van der Waals surface area contributed by atoms with E-state index in [-0.39, 0.29) is 0 Å². The lowest BCUT2D eigenvalue weighted by molar-refractivity contribution is 0.517. The second kappa shape index (κ2) is 32.0. The highest BCUT2D eigenvalue weighted by atomic mass is 14.8. The van der Waals surface area contributed by atoms with Crippen molar-refractivity contribution in [2.24, 2.45) is 0 Å². The van der Waals surface area contributed by atoms with Crippen molar-refractivity contribution >= 4 is 0 Å². The molecule has 0 atom stereocenters. The van der Waals surface area contributed by atoms with E-state index in [0.29, 0.717) is 0 Å². The van der Waals surface area contributed by atoms with Crippen molar-refractivity contribution in [3.8, 4) is 0 Å². The summed E-state index contributed by atoms with van der Waals surface area (Å²) in [6.45, 7) is 7.10. The predicted molar refractivity (Wildman–Crippen MR) is 153 cm³/mol. The quantitative estimate of drug-likeness (QED) is 0.104. The van der Waals surface area contributed by atoms with Crippen LogP contribution in [0.4, 0.5) is 0 Å². The van der Waals surface area contributed by atoms with Crippen LogP contribution in [0.25, 0.3) is 0 Å². The second-order valence-corrected chi connectivity index (χ2v) is 10.9. The Morgan fingerprint density at radius 1 is 0.242 bits per heavy atom. The summed E-state index contributed by atoms with van der Waals surface area (Å²) in [7, 11) is 0. The van der Waals surface area contributed by atoms with Crippen LogP contribution in [0.15, 0.2) is 0 Å². The van der Waals surface area contributed by atoms with E-state index >= 15 is 0 Å². The molecule has 0 heterocycles. The molecule has 0 fully saturated rings. The van der Waals surface area contributed by atoms with E-state index in [4.69, 9.17) is 0 Å². The van der Waals surface area contributed by atoms with E-state index in [1.165, 1.54) is 193 Å². The molecule has 0 aromatic heterocycles. The summed E-state index contributed by atoms with van der Waals surface area (Å²) in [6, 6.07) is 0. The molecule has 0 spiro atoms. The predicted octanol–water partition coefficient (Wildman–Crippen LogP) is 11.5. The standard InChI is InChI=1S/C32H67N/c1-3-5-7-9-11-13-15-17-18-19-20-22-24-26-28-30-32-33-31-29-27-25-23-21-16-14-12-10-8-6-4-2/h33H,3-32H2,1-2H3. The molecule has 33 heavy (non-hydrogen) atoms. The van der Waals surface area contributed by atoms with Gasteiger partial charge in [-0.25, -0.2) is 0 Å². The largest absolute Gasteiger partial charge is 0.317 e. The normalized spacial score (nSPS) is 11.5. The fourth-order valence-corrected chi connectivity index (χ4v) is 5.01. The number of unbranched alkanes of at least 4 members (excludes halogenated alkanes) is 26. The summed E-state index contributed by atoms with van der Waals surface area (Å²) in [5.74, 6) is 0. The zero-order valence-electron chi connectivity index (χ0n) is 23.7. The molecule has 0 aliphatic rings. The zero-order chi connectivity index (χ0) is 23.9. The highest BCUT2D eigenvalue weighted by Gasteiger charge is 1.96. The molecule has 0 saturated carbocycles. The van der Waals surface area contributed by atoms with Gasteiger partial charge in [0.2, 0.25) is 0 Å². The van der Waals surface area contributed by atoms with Gasteiger partial charge in [0.05, 0.1) is 0 Å². The van der Waals surface area contributed by atoms with Crippen LogP contribution in [0.1, 0.15) is 194 Å². The van der Waals surface area contributed by atoms with Gasteiger partial charge in [0, 0.05) is 0 Å². The minimum Gasteiger partial charge on any atom is -0.317 e. The molecule has 1 nitrogen and oxygen atoms in total. The number of rotatable bonds is 30. The monoisotopic (exact) mass is 466 g/mol. The molecular formula is C32H67N. The molecule has 0 aromatic rings. The first-order valence-electron chi connectivity index (χ1n) is 16.1. The highest BCUT2D eigenvalue weighted by Crippen LogP contribution is 2.14. The lowest BCUT2D eigenvalue weighted by Gasteiger charge is -2.06. The topological polar surface area (TPSA) is 12.0 Å². The Morgan fingerprint density at radius 2 is 0.424 bits per heavy atom. The van der Waals surface area contributed by atoms with Crippen molar-refractivity contribution in [1.82, 2.24) is 5.32 Å². The van der Waals surface area contributed by atoms with Crippen LogP contribution >= 0.6 is 0 Å². The van der Waals surface area contributed by atoms with Crippen molar-refractivity contribution in [1.29, 1.82) is 0 Å². The Hall–Kier alpha value is -0.0400. The Kier molecular flexibility index (Phi) is 31.9. The lowest BCUT2D eigenvalue weighted by Crippen LogP contribution is -2.16. The minimum atomic E-state index is 1.25. The summed E-state index contributed by atoms with van der Waals surface area (Å²) in [5, 5.41) is 3.67. The Bertz CT molecular complexity index is 284. The fourth-order valence-electron chi connectivity index (χ4n) is 5.01. The first-order valence-corrected chi connectivity index (χ1v) is 16.1. The number of nitrogens with one attached hydrogen (secondary N) is 1. The van der Waals surface area contributed by atoms with Gasteiger partial charge in [0.25, 0.3) is 0 Å². The third-order valence-electron chi connectivity index (χ3n) is 7.41. The van der Waals surface area contributed by atoms with E-state index in [2.05, 4.69) is 19.2 Å². The van der Waals surface area contributed by atoms with Gasteiger partial charge in [-0.05, 0) is 25.9 Å². The maximum absolute atomic E-state index is 3.67. The summed E-state index contributed by atoms with van der Waals surface area (Å²) in [5.41, 5.74) is 0. The molecule has 0 rings (SSSR count). The molecule has 0 bridgehead atoms. The molecule has 1 heteroatoms. The van der Waals surface area contributed by atoms with Gasteiger partial charge in [-0.1, -0.05) is 181 Å². The Morgan fingerprint density at radius 3 is 0.636 bits per heavy atom. The van der Waals surface area contributed by atoms with Crippen LogP contribution in [0.3, 0.4) is 0 Å². The smallest absolute Gasteiger partial charge is 0.00489 e. The van der Waals surface area contributed by atoms with Gasteiger partial charge >= 0.3 is 0 Å². The molecule has 200 valence electrons. The minimum absolute atomic E-state index is 1.25. The first-order chi connectivity index (χ1) is 16.4. The third kappa shape index (κ3) is 32.0.